The van der Waals surface area contributed by atoms with Gasteiger partial charge in [-0.1, -0.05) is 11.3 Å². The quantitative estimate of drug-likeness (QED) is 0.787. The summed E-state index contributed by atoms with van der Waals surface area (Å²) < 4.78 is 6.82. The molecule has 0 fully saturated rings. The predicted octanol–water partition coefficient (Wildman–Crippen LogP) is 3.68. The number of nitrogens with one attached hydrogen (secondary N) is 1. The van der Waals surface area contributed by atoms with Crippen LogP contribution in [0.5, 0.6) is 5.75 Å². The van der Waals surface area contributed by atoms with Crippen LogP contribution in [-0.4, -0.2) is 23.1 Å². The minimum absolute atomic E-state index is 0.635. The Balaban J connectivity index is 2.30. The molecule has 2 heterocycles. The number of nitrogens with zero attached hydrogens (tertiary/aromatic N) is 2. The molecule has 1 aromatic carbocycles. The first-order valence-corrected chi connectivity index (χ1v) is 7.20. The van der Waals surface area contributed by atoms with Gasteiger partial charge in [-0.25, -0.2) is 4.98 Å². The number of fused-ring (bicyclic) bond motifs is 3. The van der Waals surface area contributed by atoms with Crippen molar-refractivity contribution in [3.05, 3.63) is 24.4 Å². The summed E-state index contributed by atoms with van der Waals surface area (Å²) >= 11 is 1.65. The van der Waals surface area contributed by atoms with Gasteiger partial charge in [0, 0.05) is 24.2 Å². The Kier molecular flexibility index (Phi) is 3.21. The molecule has 98 valence electrons. The van der Waals surface area contributed by atoms with Crippen molar-refractivity contribution in [2.45, 2.75) is 13.8 Å². The first-order chi connectivity index (χ1) is 9.33. The molecule has 0 bridgehead atoms. The fraction of sp³-hybridized carbons (Fsp3) is 0.286. The summed E-state index contributed by atoms with van der Waals surface area (Å²) in [4.78, 5) is 9.07. The second kappa shape index (κ2) is 5.01. The van der Waals surface area contributed by atoms with E-state index in [9.17, 15) is 0 Å². The van der Waals surface area contributed by atoms with Crippen LogP contribution in [0.3, 0.4) is 0 Å². The summed E-state index contributed by atoms with van der Waals surface area (Å²) in [6, 6.07) is 6.01. The highest BCUT2D eigenvalue weighted by atomic mass is 32.1. The fourth-order valence-electron chi connectivity index (χ4n) is 2.10. The highest BCUT2D eigenvalue weighted by Crippen LogP contribution is 2.36. The SMILES string of the molecule is CCNc1nc2c(cc(OCC)c3ncccc32)s1. The second-order valence-corrected chi connectivity index (χ2v) is 5.13. The molecule has 4 nitrogen and oxygen atoms in total. The van der Waals surface area contributed by atoms with E-state index < -0.39 is 0 Å². The number of pyridine rings is 1. The standard InChI is InChI=1S/C14H15N3OS/c1-3-15-14-17-13-9-6-5-7-16-12(9)10(18-4-2)8-11(13)19-14/h5-8H,3-4H2,1-2H3,(H,15,17). The molecule has 0 radical (unpaired) electrons. The van der Waals surface area contributed by atoms with Crippen LogP contribution in [0.25, 0.3) is 21.1 Å². The van der Waals surface area contributed by atoms with Gasteiger partial charge in [-0.05, 0) is 26.0 Å². The third kappa shape index (κ3) is 2.10. The van der Waals surface area contributed by atoms with E-state index >= 15 is 0 Å². The van der Waals surface area contributed by atoms with Crippen LogP contribution in [0.4, 0.5) is 5.13 Å². The van der Waals surface area contributed by atoms with Crippen molar-refractivity contribution in [3.63, 3.8) is 0 Å². The zero-order valence-corrected chi connectivity index (χ0v) is 11.8. The van der Waals surface area contributed by atoms with Gasteiger partial charge in [-0.3, -0.25) is 4.98 Å². The Hall–Kier alpha value is -1.88. The van der Waals surface area contributed by atoms with Gasteiger partial charge >= 0.3 is 0 Å². The average molecular weight is 273 g/mol. The van der Waals surface area contributed by atoms with Gasteiger partial charge in [0.05, 0.1) is 16.8 Å². The van der Waals surface area contributed by atoms with Gasteiger partial charge in [-0.2, -0.15) is 0 Å². The van der Waals surface area contributed by atoms with Crippen LogP contribution in [0.1, 0.15) is 13.8 Å². The molecule has 0 aliphatic heterocycles. The topological polar surface area (TPSA) is 47.0 Å². The first-order valence-electron chi connectivity index (χ1n) is 6.38. The average Bonchev–Trinajstić information content (AvgIpc) is 2.82. The number of hydrogen-bond acceptors (Lipinski definition) is 5. The lowest BCUT2D eigenvalue weighted by Crippen LogP contribution is -1.95. The maximum atomic E-state index is 5.69. The molecule has 19 heavy (non-hydrogen) atoms. The number of anilines is 1. The number of thiazole rings is 1. The van der Waals surface area contributed by atoms with Crippen LogP contribution < -0.4 is 10.1 Å². The molecule has 0 saturated heterocycles. The number of ether oxygens (including phenoxy) is 1. The Morgan fingerprint density at radius 3 is 3.00 bits per heavy atom. The van der Waals surface area contributed by atoms with Crippen molar-refractivity contribution < 1.29 is 4.74 Å². The van der Waals surface area contributed by atoms with Crippen molar-refractivity contribution in [3.8, 4) is 5.75 Å². The lowest BCUT2D eigenvalue weighted by Gasteiger charge is -2.06. The molecule has 3 rings (SSSR count). The van der Waals surface area contributed by atoms with Crippen molar-refractivity contribution in [1.82, 2.24) is 9.97 Å². The Morgan fingerprint density at radius 1 is 1.32 bits per heavy atom. The molecule has 1 N–H and O–H groups in total. The molecule has 3 aromatic rings. The molecule has 0 spiro atoms. The molecular formula is C14H15N3OS. The van der Waals surface area contributed by atoms with Crippen molar-refractivity contribution >= 4 is 37.6 Å². The monoisotopic (exact) mass is 273 g/mol. The second-order valence-electron chi connectivity index (χ2n) is 4.10. The summed E-state index contributed by atoms with van der Waals surface area (Å²) in [5.74, 6) is 0.831. The molecule has 0 unspecified atom stereocenters. The number of rotatable bonds is 4. The normalized spacial score (nSPS) is 11.1. The molecule has 0 amide bonds. The Morgan fingerprint density at radius 2 is 2.21 bits per heavy atom. The van der Waals surface area contributed by atoms with E-state index in [0.717, 1.165) is 38.5 Å². The highest BCUT2D eigenvalue weighted by Gasteiger charge is 2.12. The number of benzene rings is 1. The van der Waals surface area contributed by atoms with E-state index in [1.807, 2.05) is 25.1 Å². The molecular weight excluding hydrogens is 258 g/mol. The fourth-order valence-corrected chi connectivity index (χ4v) is 3.08. The molecule has 0 saturated carbocycles. The summed E-state index contributed by atoms with van der Waals surface area (Å²) in [5, 5.41) is 5.25. The predicted molar refractivity (Wildman–Crippen MR) is 80.3 cm³/mol. The molecule has 5 heteroatoms. The van der Waals surface area contributed by atoms with E-state index in [1.54, 1.807) is 17.5 Å². The molecule has 0 aliphatic rings. The summed E-state index contributed by atoms with van der Waals surface area (Å²) in [7, 11) is 0. The number of hydrogen-bond donors (Lipinski definition) is 1. The van der Waals surface area contributed by atoms with E-state index in [2.05, 4.69) is 22.2 Å². The molecule has 2 aromatic heterocycles. The Bertz CT molecular complexity index is 723. The Labute approximate surface area is 115 Å². The van der Waals surface area contributed by atoms with Crippen LogP contribution in [0, 0.1) is 0 Å². The van der Waals surface area contributed by atoms with Crippen molar-refractivity contribution in [2.75, 3.05) is 18.5 Å². The van der Waals surface area contributed by atoms with Gasteiger partial charge in [0.15, 0.2) is 5.13 Å². The van der Waals surface area contributed by atoms with E-state index in [0.29, 0.717) is 6.61 Å². The zero-order chi connectivity index (χ0) is 13.2. The summed E-state index contributed by atoms with van der Waals surface area (Å²) in [6.07, 6.45) is 1.79. The van der Waals surface area contributed by atoms with Gasteiger partial charge in [0.2, 0.25) is 0 Å². The van der Waals surface area contributed by atoms with Crippen LogP contribution in [0.2, 0.25) is 0 Å². The van der Waals surface area contributed by atoms with E-state index in [4.69, 9.17) is 4.74 Å². The first kappa shape index (κ1) is 12.2. The van der Waals surface area contributed by atoms with Gasteiger partial charge < -0.3 is 10.1 Å². The minimum atomic E-state index is 0.635. The van der Waals surface area contributed by atoms with E-state index in [-0.39, 0.29) is 0 Å². The van der Waals surface area contributed by atoms with Gasteiger partial charge in [0.1, 0.15) is 11.3 Å². The van der Waals surface area contributed by atoms with Gasteiger partial charge in [0.25, 0.3) is 0 Å². The van der Waals surface area contributed by atoms with E-state index in [1.165, 1.54) is 0 Å². The van der Waals surface area contributed by atoms with Crippen LogP contribution in [-0.2, 0) is 0 Å². The number of aromatic nitrogens is 2. The maximum Gasteiger partial charge on any atom is 0.183 e. The van der Waals surface area contributed by atoms with Crippen LogP contribution >= 0.6 is 11.3 Å². The smallest absolute Gasteiger partial charge is 0.183 e. The largest absolute Gasteiger partial charge is 0.492 e. The van der Waals surface area contributed by atoms with Crippen LogP contribution in [0.15, 0.2) is 24.4 Å². The van der Waals surface area contributed by atoms with Crippen molar-refractivity contribution in [2.24, 2.45) is 0 Å². The lowest BCUT2D eigenvalue weighted by atomic mass is 10.2. The third-order valence-electron chi connectivity index (χ3n) is 2.84. The van der Waals surface area contributed by atoms with Crippen molar-refractivity contribution in [1.29, 1.82) is 0 Å². The highest BCUT2D eigenvalue weighted by molar-refractivity contribution is 7.22. The van der Waals surface area contributed by atoms with Gasteiger partial charge in [-0.15, -0.1) is 0 Å². The molecule has 0 aliphatic carbocycles. The minimum Gasteiger partial charge on any atom is -0.492 e. The summed E-state index contributed by atoms with van der Waals surface area (Å²) in [6.45, 7) is 5.55. The zero-order valence-electron chi connectivity index (χ0n) is 10.9. The maximum absolute atomic E-state index is 5.69. The summed E-state index contributed by atoms with van der Waals surface area (Å²) in [5.41, 5.74) is 1.87. The molecule has 0 atom stereocenters. The third-order valence-corrected chi connectivity index (χ3v) is 3.80. The lowest BCUT2D eigenvalue weighted by molar-refractivity contribution is 0.344.